The van der Waals surface area contributed by atoms with E-state index in [2.05, 4.69) is 16.3 Å². The molecule has 1 aliphatic heterocycles. The number of hydrazine groups is 1. The Hall–Kier alpha value is -3.16. The van der Waals surface area contributed by atoms with Crippen LogP contribution in [0.25, 0.3) is 6.08 Å². The van der Waals surface area contributed by atoms with Crippen molar-refractivity contribution in [2.45, 2.75) is 51.7 Å². The van der Waals surface area contributed by atoms with Crippen LogP contribution in [0.4, 0.5) is 5.69 Å². The van der Waals surface area contributed by atoms with E-state index < -0.39 is 18.1 Å². The van der Waals surface area contributed by atoms with Crippen LogP contribution in [0.3, 0.4) is 0 Å². The van der Waals surface area contributed by atoms with Gasteiger partial charge in [-0.15, -0.1) is 0 Å². The molecule has 2 aromatic rings. The van der Waals surface area contributed by atoms with Gasteiger partial charge in [-0.25, -0.2) is 10.3 Å². The molecule has 1 fully saturated rings. The predicted molar refractivity (Wildman–Crippen MR) is 133 cm³/mol. The van der Waals surface area contributed by atoms with Crippen molar-refractivity contribution in [3.05, 3.63) is 72.3 Å². The first-order valence-electron chi connectivity index (χ1n) is 12.1. The van der Waals surface area contributed by atoms with E-state index in [0.29, 0.717) is 19.4 Å². The summed E-state index contributed by atoms with van der Waals surface area (Å²) in [7, 11) is 0. The number of para-hydroxylation sites is 1. The lowest BCUT2D eigenvalue weighted by molar-refractivity contribution is -0.202. The SMILES string of the molecule is CCC[C@@H](C(=O)NNc1ccccc1)[C@H](CC=Cc1ccccc1)C(=O)NOC1CCCCO1. The molecule has 1 heterocycles. The molecular formula is C27H35N3O4. The molecule has 0 aromatic heterocycles. The maximum atomic E-state index is 13.2. The number of ether oxygens (including phenoxy) is 1. The van der Waals surface area contributed by atoms with Crippen molar-refractivity contribution in [3.63, 3.8) is 0 Å². The maximum Gasteiger partial charge on any atom is 0.247 e. The minimum Gasteiger partial charge on any atom is -0.350 e. The van der Waals surface area contributed by atoms with Gasteiger partial charge in [0.05, 0.1) is 17.5 Å². The van der Waals surface area contributed by atoms with Crippen molar-refractivity contribution >= 4 is 23.6 Å². The standard InChI is InChI=1S/C27H35N3O4/c1-2-12-23(26(31)29-28-22-16-7-4-8-17-22)24(18-11-15-21-13-5-3-6-14-21)27(32)30-34-25-19-9-10-20-33-25/h3-8,11,13-17,23-25,28H,2,9-10,12,18-20H2,1H3,(H,29,31)(H,30,32)/t23-,24+,25?/m1/s1. The number of benzene rings is 2. The third-order valence-electron chi connectivity index (χ3n) is 5.79. The first-order chi connectivity index (χ1) is 16.7. The van der Waals surface area contributed by atoms with E-state index in [1.165, 1.54) is 0 Å². The highest BCUT2D eigenvalue weighted by Gasteiger charge is 2.33. The maximum absolute atomic E-state index is 13.2. The Balaban J connectivity index is 1.69. The van der Waals surface area contributed by atoms with Crippen molar-refractivity contribution in [3.8, 4) is 0 Å². The van der Waals surface area contributed by atoms with E-state index in [-0.39, 0.29) is 11.8 Å². The number of hydrogen-bond donors (Lipinski definition) is 3. The average Bonchev–Trinajstić information content (AvgIpc) is 2.89. The first kappa shape index (κ1) is 25.5. The van der Waals surface area contributed by atoms with Crippen LogP contribution in [-0.4, -0.2) is 24.7 Å². The van der Waals surface area contributed by atoms with Gasteiger partial charge in [-0.2, -0.15) is 0 Å². The van der Waals surface area contributed by atoms with Crippen molar-refractivity contribution in [1.82, 2.24) is 10.9 Å². The number of carbonyl (C=O) groups is 2. The number of carbonyl (C=O) groups excluding carboxylic acids is 2. The molecule has 2 amide bonds. The van der Waals surface area contributed by atoms with Crippen LogP contribution in [0.15, 0.2) is 66.7 Å². The molecule has 7 heteroatoms. The second kappa shape index (κ2) is 14.2. The molecule has 3 atom stereocenters. The molecule has 7 nitrogen and oxygen atoms in total. The minimum atomic E-state index is -0.596. The summed E-state index contributed by atoms with van der Waals surface area (Å²) in [6.07, 6.45) is 7.92. The van der Waals surface area contributed by atoms with E-state index in [1.807, 2.05) is 79.7 Å². The predicted octanol–water partition coefficient (Wildman–Crippen LogP) is 4.84. The van der Waals surface area contributed by atoms with Crippen LogP contribution in [0, 0.1) is 11.8 Å². The van der Waals surface area contributed by atoms with Gasteiger partial charge in [0.15, 0.2) is 6.29 Å². The van der Waals surface area contributed by atoms with Crippen LogP contribution in [0.5, 0.6) is 0 Å². The molecule has 1 saturated heterocycles. The number of hydrogen-bond acceptors (Lipinski definition) is 5. The molecular weight excluding hydrogens is 430 g/mol. The molecule has 3 N–H and O–H groups in total. The Morgan fingerprint density at radius 1 is 1.03 bits per heavy atom. The van der Waals surface area contributed by atoms with E-state index in [9.17, 15) is 9.59 Å². The van der Waals surface area contributed by atoms with E-state index >= 15 is 0 Å². The van der Waals surface area contributed by atoms with Gasteiger partial charge in [-0.1, -0.05) is 74.0 Å². The number of hydroxylamine groups is 1. The highest BCUT2D eigenvalue weighted by Crippen LogP contribution is 2.24. The lowest BCUT2D eigenvalue weighted by atomic mass is 9.84. The Morgan fingerprint density at radius 2 is 1.76 bits per heavy atom. The minimum absolute atomic E-state index is 0.229. The molecule has 1 aliphatic rings. The van der Waals surface area contributed by atoms with Gasteiger partial charge in [0.2, 0.25) is 11.8 Å². The molecule has 0 radical (unpaired) electrons. The number of amides is 2. The zero-order valence-electron chi connectivity index (χ0n) is 19.7. The van der Waals surface area contributed by atoms with Crippen LogP contribution >= 0.6 is 0 Å². The highest BCUT2D eigenvalue weighted by atomic mass is 16.8. The molecule has 3 rings (SSSR count). The highest BCUT2D eigenvalue weighted by molar-refractivity contribution is 5.88. The second-order valence-corrected chi connectivity index (χ2v) is 8.41. The van der Waals surface area contributed by atoms with E-state index in [4.69, 9.17) is 9.57 Å². The average molecular weight is 466 g/mol. The molecule has 34 heavy (non-hydrogen) atoms. The zero-order chi connectivity index (χ0) is 24.0. The quantitative estimate of drug-likeness (QED) is 0.390. The van der Waals surface area contributed by atoms with Gasteiger partial charge < -0.3 is 4.74 Å². The lowest BCUT2D eigenvalue weighted by Gasteiger charge is -2.27. The number of allylic oxidation sites excluding steroid dienone is 1. The Kier molecular flexibility index (Phi) is 10.6. The third-order valence-corrected chi connectivity index (χ3v) is 5.79. The Bertz CT molecular complexity index is 899. The van der Waals surface area contributed by atoms with Crippen molar-refractivity contribution < 1.29 is 19.2 Å². The first-order valence-corrected chi connectivity index (χ1v) is 12.1. The summed E-state index contributed by atoms with van der Waals surface area (Å²) in [6, 6.07) is 19.3. The van der Waals surface area contributed by atoms with E-state index in [1.54, 1.807) is 0 Å². The van der Waals surface area contributed by atoms with Crippen LogP contribution in [0.1, 0.15) is 51.0 Å². The normalized spacial score (nSPS) is 17.6. The molecule has 1 unspecified atom stereocenters. The molecule has 0 aliphatic carbocycles. The molecule has 0 bridgehead atoms. The van der Waals surface area contributed by atoms with E-state index in [0.717, 1.165) is 36.9 Å². The Labute approximate surface area is 201 Å². The molecule has 182 valence electrons. The van der Waals surface area contributed by atoms with Crippen molar-refractivity contribution in [2.75, 3.05) is 12.0 Å². The van der Waals surface area contributed by atoms with Crippen LogP contribution in [0.2, 0.25) is 0 Å². The van der Waals surface area contributed by atoms with Gasteiger partial charge in [-0.05, 0) is 43.4 Å². The fourth-order valence-electron chi connectivity index (χ4n) is 3.95. The monoisotopic (exact) mass is 465 g/mol. The van der Waals surface area contributed by atoms with Gasteiger partial charge >= 0.3 is 0 Å². The van der Waals surface area contributed by atoms with Crippen LogP contribution in [-0.2, 0) is 19.2 Å². The molecule has 0 spiro atoms. The van der Waals surface area contributed by atoms with Gasteiger partial charge in [0, 0.05) is 13.0 Å². The summed E-state index contributed by atoms with van der Waals surface area (Å²) < 4.78 is 5.55. The lowest BCUT2D eigenvalue weighted by Crippen LogP contribution is -2.44. The molecule has 2 aromatic carbocycles. The molecule has 0 saturated carbocycles. The zero-order valence-corrected chi connectivity index (χ0v) is 19.7. The topological polar surface area (TPSA) is 88.7 Å². The van der Waals surface area contributed by atoms with Gasteiger partial charge in [-0.3, -0.25) is 20.4 Å². The Morgan fingerprint density at radius 3 is 2.44 bits per heavy atom. The summed E-state index contributed by atoms with van der Waals surface area (Å²) in [4.78, 5) is 31.9. The summed E-state index contributed by atoms with van der Waals surface area (Å²) in [6.45, 7) is 2.63. The second-order valence-electron chi connectivity index (χ2n) is 8.41. The number of rotatable bonds is 12. The summed E-state index contributed by atoms with van der Waals surface area (Å²) >= 11 is 0. The largest absolute Gasteiger partial charge is 0.350 e. The van der Waals surface area contributed by atoms with Crippen molar-refractivity contribution in [2.24, 2.45) is 11.8 Å². The van der Waals surface area contributed by atoms with Gasteiger partial charge in [0.1, 0.15) is 0 Å². The van der Waals surface area contributed by atoms with Gasteiger partial charge in [0.25, 0.3) is 0 Å². The summed E-state index contributed by atoms with van der Waals surface area (Å²) in [5.41, 5.74) is 10.1. The summed E-state index contributed by atoms with van der Waals surface area (Å²) in [5.74, 6) is -1.67. The summed E-state index contributed by atoms with van der Waals surface area (Å²) in [5, 5.41) is 0. The fraction of sp³-hybridized carbons (Fsp3) is 0.407. The number of nitrogens with one attached hydrogen (secondary N) is 3. The third kappa shape index (κ3) is 8.32. The fourth-order valence-corrected chi connectivity index (χ4v) is 3.95. The number of anilines is 1. The smallest absolute Gasteiger partial charge is 0.247 e. The van der Waals surface area contributed by atoms with Crippen LogP contribution < -0.4 is 16.3 Å². The van der Waals surface area contributed by atoms with Crippen molar-refractivity contribution in [1.29, 1.82) is 0 Å².